The van der Waals surface area contributed by atoms with Crippen molar-refractivity contribution >= 4 is 11.7 Å². The molecule has 0 N–H and O–H groups in total. The summed E-state index contributed by atoms with van der Waals surface area (Å²) < 4.78 is 11.3. The van der Waals surface area contributed by atoms with Crippen LogP contribution in [0.15, 0.2) is 60.9 Å². The van der Waals surface area contributed by atoms with E-state index < -0.39 is 0 Å². The average Bonchev–Trinajstić information content (AvgIpc) is 2.79. The number of methoxy groups -OCH3 is 1. The van der Waals surface area contributed by atoms with E-state index in [-0.39, 0.29) is 11.9 Å². The molecule has 1 fully saturated rings. The van der Waals surface area contributed by atoms with E-state index in [2.05, 4.69) is 14.9 Å². The molecule has 1 saturated heterocycles. The van der Waals surface area contributed by atoms with Crippen LogP contribution in [0.2, 0.25) is 0 Å². The van der Waals surface area contributed by atoms with Crippen LogP contribution in [0.4, 0.5) is 5.82 Å². The highest BCUT2D eigenvalue weighted by molar-refractivity contribution is 5.97. The number of piperazine rings is 1. The van der Waals surface area contributed by atoms with E-state index in [1.165, 1.54) is 6.33 Å². The summed E-state index contributed by atoms with van der Waals surface area (Å²) in [5, 5.41) is 0. The number of rotatable bonds is 5. The molecule has 7 nitrogen and oxygen atoms in total. The van der Waals surface area contributed by atoms with E-state index in [1.807, 2.05) is 67.3 Å². The Hall–Kier alpha value is -3.61. The van der Waals surface area contributed by atoms with Crippen molar-refractivity contribution in [1.29, 1.82) is 0 Å². The van der Waals surface area contributed by atoms with Gasteiger partial charge in [-0.25, -0.2) is 9.97 Å². The molecule has 1 amide bonds. The monoisotopic (exact) mass is 418 g/mol. The highest BCUT2D eigenvalue weighted by Crippen LogP contribution is 2.26. The van der Waals surface area contributed by atoms with Crippen molar-refractivity contribution in [2.24, 2.45) is 0 Å². The molecule has 7 heteroatoms. The summed E-state index contributed by atoms with van der Waals surface area (Å²) in [6, 6.07) is 17.0. The van der Waals surface area contributed by atoms with Gasteiger partial charge in [-0.2, -0.15) is 0 Å². The van der Waals surface area contributed by atoms with Crippen LogP contribution in [0.3, 0.4) is 0 Å². The van der Waals surface area contributed by atoms with Gasteiger partial charge in [0.25, 0.3) is 5.91 Å². The Bertz CT molecular complexity index is 1070. The molecule has 160 valence electrons. The number of carbonyl (C=O) groups is 1. The lowest BCUT2D eigenvalue weighted by molar-refractivity contribution is 0.0670. The van der Waals surface area contributed by atoms with Gasteiger partial charge in [0.05, 0.1) is 12.7 Å². The largest absolute Gasteiger partial charge is 0.496 e. The van der Waals surface area contributed by atoms with Crippen LogP contribution in [0.1, 0.15) is 22.8 Å². The van der Waals surface area contributed by atoms with E-state index in [0.717, 1.165) is 17.1 Å². The summed E-state index contributed by atoms with van der Waals surface area (Å²) in [7, 11) is 1.58. The molecular weight excluding hydrogens is 392 g/mol. The summed E-state index contributed by atoms with van der Waals surface area (Å²) in [4.78, 5) is 25.8. The Balaban J connectivity index is 1.46. The van der Waals surface area contributed by atoms with E-state index in [9.17, 15) is 4.79 Å². The van der Waals surface area contributed by atoms with Gasteiger partial charge in [-0.05, 0) is 43.7 Å². The van der Waals surface area contributed by atoms with Crippen molar-refractivity contribution in [1.82, 2.24) is 14.9 Å². The Morgan fingerprint density at radius 2 is 1.90 bits per heavy atom. The third-order valence-electron chi connectivity index (χ3n) is 5.39. The molecule has 1 unspecified atom stereocenters. The van der Waals surface area contributed by atoms with E-state index in [0.29, 0.717) is 36.8 Å². The van der Waals surface area contributed by atoms with Crippen molar-refractivity contribution in [2.45, 2.75) is 19.9 Å². The molecule has 31 heavy (non-hydrogen) atoms. The molecule has 2 heterocycles. The van der Waals surface area contributed by atoms with Gasteiger partial charge in [-0.3, -0.25) is 4.79 Å². The second-order valence-corrected chi connectivity index (χ2v) is 7.63. The minimum atomic E-state index is -0.0178. The maximum Gasteiger partial charge on any atom is 0.257 e. The highest BCUT2D eigenvalue weighted by Gasteiger charge is 2.30. The molecule has 1 aliphatic heterocycles. The number of aromatic nitrogens is 2. The molecule has 0 saturated carbocycles. The van der Waals surface area contributed by atoms with E-state index in [1.54, 1.807) is 13.2 Å². The predicted molar refractivity (Wildman–Crippen MR) is 119 cm³/mol. The molecule has 0 bridgehead atoms. The summed E-state index contributed by atoms with van der Waals surface area (Å²) >= 11 is 0. The van der Waals surface area contributed by atoms with Gasteiger partial charge < -0.3 is 19.3 Å². The zero-order valence-corrected chi connectivity index (χ0v) is 18.0. The molecule has 4 rings (SSSR count). The zero-order valence-electron chi connectivity index (χ0n) is 18.0. The standard InChI is InChI=1S/C24H26N4O3/c1-17-7-6-8-19(13-17)31-23-14-22(25-16-26-23)27-11-12-28(18(2)15-27)24(29)20-9-4-5-10-21(20)30-3/h4-10,13-14,16,18H,11-12,15H2,1-3H3. The summed E-state index contributed by atoms with van der Waals surface area (Å²) in [6.07, 6.45) is 1.51. The molecule has 0 aliphatic carbocycles. The highest BCUT2D eigenvalue weighted by atomic mass is 16.5. The first-order valence-electron chi connectivity index (χ1n) is 10.3. The van der Waals surface area contributed by atoms with Gasteiger partial charge in [0.1, 0.15) is 23.6 Å². The van der Waals surface area contributed by atoms with Crippen molar-refractivity contribution in [3.05, 3.63) is 72.1 Å². The first-order chi connectivity index (χ1) is 15.0. The zero-order chi connectivity index (χ0) is 21.8. The maximum atomic E-state index is 13.1. The lowest BCUT2D eigenvalue weighted by Gasteiger charge is -2.40. The van der Waals surface area contributed by atoms with Crippen molar-refractivity contribution in [3.63, 3.8) is 0 Å². The lowest BCUT2D eigenvalue weighted by Crippen LogP contribution is -2.54. The molecule has 1 aromatic heterocycles. The third-order valence-corrected chi connectivity index (χ3v) is 5.39. The fraction of sp³-hybridized carbons (Fsp3) is 0.292. The Labute approximate surface area is 182 Å². The number of nitrogens with zero attached hydrogens (tertiary/aromatic N) is 4. The fourth-order valence-corrected chi connectivity index (χ4v) is 3.80. The van der Waals surface area contributed by atoms with Gasteiger partial charge in [-0.15, -0.1) is 0 Å². The first kappa shape index (κ1) is 20.7. The number of benzene rings is 2. The lowest BCUT2D eigenvalue weighted by atomic mass is 10.1. The first-order valence-corrected chi connectivity index (χ1v) is 10.3. The molecule has 1 aliphatic rings. The van der Waals surface area contributed by atoms with Crippen LogP contribution < -0.4 is 14.4 Å². The van der Waals surface area contributed by atoms with Crippen LogP contribution in [-0.4, -0.2) is 53.6 Å². The van der Waals surface area contributed by atoms with Crippen molar-refractivity contribution < 1.29 is 14.3 Å². The number of amides is 1. The molecule has 2 aromatic carbocycles. The number of ether oxygens (including phenoxy) is 2. The number of para-hydroxylation sites is 1. The van der Waals surface area contributed by atoms with Gasteiger partial charge in [-0.1, -0.05) is 24.3 Å². The minimum Gasteiger partial charge on any atom is -0.496 e. The summed E-state index contributed by atoms with van der Waals surface area (Å²) in [6.45, 7) is 6.00. The van der Waals surface area contributed by atoms with Gasteiger partial charge in [0.2, 0.25) is 5.88 Å². The van der Waals surface area contributed by atoms with Crippen LogP contribution in [0.25, 0.3) is 0 Å². The number of aryl methyl sites for hydroxylation is 1. The van der Waals surface area contributed by atoms with Gasteiger partial charge >= 0.3 is 0 Å². The van der Waals surface area contributed by atoms with Crippen LogP contribution in [0, 0.1) is 6.92 Å². The second-order valence-electron chi connectivity index (χ2n) is 7.63. The normalized spacial score (nSPS) is 16.2. The van der Waals surface area contributed by atoms with Crippen LogP contribution in [0.5, 0.6) is 17.4 Å². The quantitative estimate of drug-likeness (QED) is 0.625. The number of carbonyl (C=O) groups excluding carboxylic acids is 1. The van der Waals surface area contributed by atoms with Crippen molar-refractivity contribution in [2.75, 3.05) is 31.6 Å². The number of hydrogen-bond donors (Lipinski definition) is 0. The topological polar surface area (TPSA) is 67.8 Å². The Morgan fingerprint density at radius 3 is 2.68 bits per heavy atom. The van der Waals surface area contributed by atoms with Crippen LogP contribution >= 0.6 is 0 Å². The van der Waals surface area contributed by atoms with E-state index in [4.69, 9.17) is 9.47 Å². The van der Waals surface area contributed by atoms with Crippen LogP contribution in [-0.2, 0) is 0 Å². The Kier molecular flexibility index (Phi) is 6.02. The Morgan fingerprint density at radius 1 is 1.06 bits per heavy atom. The third kappa shape index (κ3) is 4.60. The number of anilines is 1. The SMILES string of the molecule is COc1ccccc1C(=O)N1CCN(c2cc(Oc3cccc(C)c3)ncn2)CC1C. The smallest absolute Gasteiger partial charge is 0.257 e. The molecule has 0 radical (unpaired) electrons. The van der Waals surface area contributed by atoms with Gasteiger partial charge in [0.15, 0.2) is 0 Å². The minimum absolute atomic E-state index is 0.0160. The average molecular weight is 418 g/mol. The van der Waals surface area contributed by atoms with E-state index >= 15 is 0 Å². The summed E-state index contributed by atoms with van der Waals surface area (Å²) in [5.41, 5.74) is 1.71. The molecular formula is C24H26N4O3. The van der Waals surface area contributed by atoms with Gasteiger partial charge in [0, 0.05) is 31.7 Å². The second kappa shape index (κ2) is 9.04. The predicted octanol–water partition coefficient (Wildman–Crippen LogP) is 3.94. The molecule has 0 spiro atoms. The van der Waals surface area contributed by atoms with Crippen molar-refractivity contribution in [3.8, 4) is 17.4 Å². The molecule has 1 atom stereocenters. The summed E-state index contributed by atoms with van der Waals surface area (Å²) in [5.74, 6) is 2.60. The maximum absolute atomic E-state index is 13.1. The fourth-order valence-electron chi connectivity index (χ4n) is 3.80. The number of hydrogen-bond acceptors (Lipinski definition) is 6. The molecule has 3 aromatic rings.